The molecule has 0 N–H and O–H groups in total. The van der Waals surface area contributed by atoms with Crippen LogP contribution in [0.1, 0.15) is 16.1 Å². The first-order valence-corrected chi connectivity index (χ1v) is 7.36. The molecule has 1 aliphatic heterocycles. The third kappa shape index (κ3) is 2.51. The number of carbonyl (C=O) groups excluding carboxylic acids is 1. The van der Waals surface area contributed by atoms with Gasteiger partial charge in [-0.3, -0.25) is 4.79 Å². The number of nitrogens with zero attached hydrogens (tertiary/aromatic N) is 1. The molecule has 1 atom stereocenters. The smallest absolute Gasteiger partial charge is 0.263 e. The van der Waals surface area contributed by atoms with Crippen molar-refractivity contribution in [2.45, 2.75) is 6.42 Å². The minimum absolute atomic E-state index is 0.166. The number of hydrogen-bond acceptors (Lipinski definition) is 3. The van der Waals surface area contributed by atoms with Gasteiger partial charge in [-0.1, -0.05) is 18.2 Å². The molecule has 3 rings (SSSR count). The molecule has 1 aromatic carbocycles. The fourth-order valence-corrected chi connectivity index (χ4v) is 3.66. The second-order valence-electron chi connectivity index (χ2n) is 5.01. The Hall–Kier alpha value is -1.39. The van der Waals surface area contributed by atoms with Crippen molar-refractivity contribution in [3.63, 3.8) is 0 Å². The number of methoxy groups -OCH3 is 1. The van der Waals surface area contributed by atoms with Crippen molar-refractivity contribution in [2.24, 2.45) is 5.92 Å². The highest BCUT2D eigenvalue weighted by molar-refractivity contribution is 7.20. The van der Waals surface area contributed by atoms with E-state index >= 15 is 0 Å². The van der Waals surface area contributed by atoms with Crippen LogP contribution in [-0.4, -0.2) is 37.6 Å². The first kappa shape index (κ1) is 12.6. The Bertz CT molecular complexity index is 560. The van der Waals surface area contributed by atoms with Crippen molar-refractivity contribution in [2.75, 3.05) is 26.8 Å². The number of rotatable bonds is 3. The Morgan fingerprint density at radius 1 is 1.47 bits per heavy atom. The second-order valence-corrected chi connectivity index (χ2v) is 6.09. The minimum atomic E-state index is 0.166. The lowest BCUT2D eigenvalue weighted by Crippen LogP contribution is -2.28. The lowest BCUT2D eigenvalue weighted by Gasteiger charge is -2.15. The third-order valence-corrected chi connectivity index (χ3v) is 4.72. The zero-order valence-electron chi connectivity index (χ0n) is 11.0. The molecular weight excluding hydrogens is 258 g/mol. The van der Waals surface area contributed by atoms with E-state index in [0.29, 0.717) is 5.92 Å². The van der Waals surface area contributed by atoms with E-state index in [2.05, 4.69) is 12.1 Å². The highest BCUT2D eigenvalue weighted by Gasteiger charge is 2.27. The van der Waals surface area contributed by atoms with Gasteiger partial charge >= 0.3 is 0 Å². The fourth-order valence-electron chi connectivity index (χ4n) is 2.63. The monoisotopic (exact) mass is 275 g/mol. The van der Waals surface area contributed by atoms with E-state index in [4.69, 9.17) is 4.74 Å². The highest BCUT2D eigenvalue weighted by Crippen LogP contribution is 2.28. The number of ether oxygens (including phenoxy) is 1. The molecule has 0 bridgehead atoms. The largest absolute Gasteiger partial charge is 0.384 e. The minimum Gasteiger partial charge on any atom is -0.384 e. The maximum Gasteiger partial charge on any atom is 0.263 e. The Labute approximate surface area is 116 Å². The molecule has 0 radical (unpaired) electrons. The van der Waals surface area contributed by atoms with Gasteiger partial charge < -0.3 is 9.64 Å². The molecule has 1 amide bonds. The van der Waals surface area contributed by atoms with Gasteiger partial charge in [-0.25, -0.2) is 0 Å². The predicted molar refractivity (Wildman–Crippen MR) is 77.7 cm³/mol. The van der Waals surface area contributed by atoms with Gasteiger partial charge in [0.2, 0.25) is 0 Å². The summed E-state index contributed by atoms with van der Waals surface area (Å²) in [6.07, 6.45) is 1.05. The molecule has 4 heteroatoms. The summed E-state index contributed by atoms with van der Waals surface area (Å²) in [6.45, 7) is 2.41. The number of hydrogen-bond donors (Lipinski definition) is 0. The summed E-state index contributed by atoms with van der Waals surface area (Å²) in [5.74, 6) is 0.656. The molecule has 0 spiro atoms. The summed E-state index contributed by atoms with van der Waals surface area (Å²) in [5, 5.41) is 1.16. The van der Waals surface area contributed by atoms with Crippen LogP contribution in [0.5, 0.6) is 0 Å². The lowest BCUT2D eigenvalue weighted by molar-refractivity contribution is 0.0780. The molecule has 3 nitrogen and oxygen atoms in total. The number of carbonyl (C=O) groups is 1. The molecule has 1 aromatic heterocycles. The molecule has 2 aromatic rings. The summed E-state index contributed by atoms with van der Waals surface area (Å²) >= 11 is 1.58. The Morgan fingerprint density at radius 2 is 2.32 bits per heavy atom. The van der Waals surface area contributed by atoms with Crippen molar-refractivity contribution in [3.8, 4) is 0 Å². The number of benzene rings is 1. The molecule has 0 saturated carbocycles. The number of likely N-dealkylation sites (tertiary alicyclic amines) is 1. The van der Waals surface area contributed by atoms with E-state index in [1.165, 1.54) is 4.70 Å². The van der Waals surface area contributed by atoms with Gasteiger partial charge in [0, 0.05) is 30.8 Å². The van der Waals surface area contributed by atoms with Gasteiger partial charge in [0.15, 0.2) is 0 Å². The summed E-state index contributed by atoms with van der Waals surface area (Å²) in [4.78, 5) is 15.3. The van der Waals surface area contributed by atoms with E-state index in [-0.39, 0.29) is 5.91 Å². The lowest BCUT2D eigenvalue weighted by atomic mass is 10.1. The van der Waals surface area contributed by atoms with Crippen molar-refractivity contribution in [1.29, 1.82) is 0 Å². The van der Waals surface area contributed by atoms with Crippen LogP contribution in [0.15, 0.2) is 30.3 Å². The molecule has 100 valence electrons. The van der Waals surface area contributed by atoms with Crippen molar-refractivity contribution in [1.82, 2.24) is 4.90 Å². The Balaban J connectivity index is 1.77. The molecule has 1 fully saturated rings. The van der Waals surface area contributed by atoms with Crippen molar-refractivity contribution in [3.05, 3.63) is 35.2 Å². The van der Waals surface area contributed by atoms with Gasteiger partial charge in [-0.2, -0.15) is 0 Å². The normalized spacial score (nSPS) is 19.2. The molecule has 1 aliphatic rings. The number of fused-ring (bicyclic) bond motifs is 1. The average Bonchev–Trinajstić information content (AvgIpc) is 3.04. The quantitative estimate of drug-likeness (QED) is 0.861. The zero-order valence-corrected chi connectivity index (χ0v) is 11.8. The predicted octanol–water partition coefficient (Wildman–Crippen LogP) is 3.01. The van der Waals surface area contributed by atoms with Gasteiger partial charge in [-0.05, 0) is 23.9 Å². The first-order valence-electron chi connectivity index (χ1n) is 6.54. The maximum absolute atomic E-state index is 12.5. The van der Waals surface area contributed by atoms with E-state index in [0.717, 1.165) is 36.4 Å². The fraction of sp³-hybridized carbons (Fsp3) is 0.400. The third-order valence-electron chi connectivity index (χ3n) is 3.61. The molecule has 19 heavy (non-hydrogen) atoms. The molecule has 1 saturated heterocycles. The molecule has 0 aliphatic carbocycles. The van der Waals surface area contributed by atoms with Crippen LogP contribution in [0.3, 0.4) is 0 Å². The Morgan fingerprint density at radius 3 is 3.11 bits per heavy atom. The van der Waals surface area contributed by atoms with Crippen LogP contribution in [0.2, 0.25) is 0 Å². The summed E-state index contributed by atoms with van der Waals surface area (Å²) in [6, 6.07) is 10.1. The maximum atomic E-state index is 12.5. The van der Waals surface area contributed by atoms with Crippen LogP contribution in [-0.2, 0) is 4.74 Å². The van der Waals surface area contributed by atoms with Crippen molar-refractivity contribution >= 4 is 27.3 Å². The topological polar surface area (TPSA) is 29.5 Å². The zero-order chi connectivity index (χ0) is 13.2. The van der Waals surface area contributed by atoms with Crippen LogP contribution >= 0.6 is 11.3 Å². The highest BCUT2D eigenvalue weighted by atomic mass is 32.1. The van der Waals surface area contributed by atoms with Crippen molar-refractivity contribution < 1.29 is 9.53 Å². The van der Waals surface area contributed by atoms with Gasteiger partial charge in [0.25, 0.3) is 5.91 Å². The van der Waals surface area contributed by atoms with E-state index in [9.17, 15) is 4.79 Å². The van der Waals surface area contributed by atoms with Crippen LogP contribution in [0.4, 0.5) is 0 Å². The van der Waals surface area contributed by atoms with E-state index in [1.807, 2.05) is 23.1 Å². The van der Waals surface area contributed by atoms with Gasteiger partial charge in [-0.15, -0.1) is 11.3 Å². The molecule has 2 heterocycles. The second kappa shape index (κ2) is 5.31. The van der Waals surface area contributed by atoms with Gasteiger partial charge in [0.05, 0.1) is 11.5 Å². The summed E-state index contributed by atoms with van der Waals surface area (Å²) in [7, 11) is 1.72. The van der Waals surface area contributed by atoms with Crippen LogP contribution in [0, 0.1) is 5.92 Å². The molecular formula is C15H17NO2S. The van der Waals surface area contributed by atoms with Gasteiger partial charge in [0.1, 0.15) is 0 Å². The van der Waals surface area contributed by atoms with Crippen LogP contribution < -0.4 is 0 Å². The summed E-state index contributed by atoms with van der Waals surface area (Å²) < 4.78 is 6.35. The van der Waals surface area contributed by atoms with Crippen LogP contribution in [0.25, 0.3) is 10.1 Å². The Kier molecular flexibility index (Phi) is 3.53. The molecule has 1 unspecified atom stereocenters. The summed E-state index contributed by atoms with van der Waals surface area (Å²) in [5.41, 5.74) is 0. The number of amides is 1. The average molecular weight is 275 g/mol. The first-order chi connectivity index (χ1) is 9.28. The standard InChI is InChI=1S/C15H17NO2S/c1-18-10-11-6-7-16(9-11)15(17)14-8-12-4-2-3-5-13(12)19-14/h2-5,8,11H,6-7,9-10H2,1H3. The van der Waals surface area contributed by atoms with E-state index < -0.39 is 0 Å². The SMILES string of the molecule is COCC1CCN(C(=O)c2cc3ccccc3s2)C1. The number of thiophene rings is 1. The van der Waals surface area contributed by atoms with E-state index in [1.54, 1.807) is 18.4 Å².